The first-order chi connectivity index (χ1) is 14.3. The molecule has 2 aliphatic heterocycles. The number of carbonyl (C=O) groups is 1. The van der Waals surface area contributed by atoms with Gasteiger partial charge in [-0.1, -0.05) is 31.7 Å². The number of nitrogens with one attached hydrogen (secondary N) is 1. The lowest BCUT2D eigenvalue weighted by Crippen LogP contribution is -2.49. The maximum Gasteiger partial charge on any atom is 0.258 e. The largest absolute Gasteiger partial charge is 0.493 e. The number of pyridine rings is 1. The van der Waals surface area contributed by atoms with Crippen LogP contribution in [0, 0.1) is 11.8 Å². The average molecular weight is 431 g/mol. The van der Waals surface area contributed by atoms with E-state index in [4.69, 9.17) is 0 Å². The van der Waals surface area contributed by atoms with Crippen LogP contribution in [0.25, 0.3) is 0 Å². The predicted molar refractivity (Wildman–Crippen MR) is 114 cm³/mol. The Bertz CT molecular complexity index is 1080. The third-order valence-corrected chi connectivity index (χ3v) is 6.61. The summed E-state index contributed by atoms with van der Waals surface area (Å²) in [5, 5.41) is 10.3. The highest BCUT2D eigenvalue weighted by Crippen LogP contribution is 2.35. The summed E-state index contributed by atoms with van der Waals surface area (Å²) in [7, 11) is 0. The Balaban J connectivity index is 1.42. The molecular weight excluding hydrogens is 404 g/mol. The van der Waals surface area contributed by atoms with Crippen molar-refractivity contribution >= 4 is 17.7 Å². The van der Waals surface area contributed by atoms with Crippen LogP contribution in [0.4, 0.5) is 0 Å². The van der Waals surface area contributed by atoms with Gasteiger partial charge in [-0.3, -0.25) is 14.4 Å². The van der Waals surface area contributed by atoms with E-state index in [1.807, 2.05) is 29.4 Å². The number of amides is 1. The highest BCUT2D eigenvalue weighted by atomic mass is 32.2. The first-order valence-corrected chi connectivity index (χ1v) is 11.2. The maximum absolute atomic E-state index is 12.8. The molecule has 160 valence electrons. The lowest BCUT2D eigenvalue weighted by Gasteiger charge is -2.42. The van der Waals surface area contributed by atoms with Crippen molar-refractivity contribution in [2.75, 3.05) is 18.8 Å². The van der Waals surface area contributed by atoms with Gasteiger partial charge < -0.3 is 19.6 Å². The van der Waals surface area contributed by atoms with Gasteiger partial charge in [0.05, 0.1) is 11.3 Å². The van der Waals surface area contributed by atoms with E-state index in [1.54, 1.807) is 12.1 Å². The fourth-order valence-corrected chi connectivity index (χ4v) is 5.21. The van der Waals surface area contributed by atoms with E-state index in [-0.39, 0.29) is 57.1 Å². The Morgan fingerprint density at radius 2 is 2.10 bits per heavy atom. The molecule has 1 amide bonds. The first kappa shape index (κ1) is 20.7. The summed E-state index contributed by atoms with van der Waals surface area (Å²) in [6, 6.07) is 5.34. The van der Waals surface area contributed by atoms with E-state index in [0.29, 0.717) is 26.1 Å². The minimum absolute atomic E-state index is 0.0216. The van der Waals surface area contributed by atoms with Crippen LogP contribution >= 0.6 is 11.8 Å². The average Bonchev–Trinajstić information content (AvgIpc) is 2.69. The second kappa shape index (κ2) is 8.29. The molecule has 0 radical (unpaired) electrons. The Morgan fingerprint density at radius 3 is 2.83 bits per heavy atom. The van der Waals surface area contributed by atoms with E-state index in [1.165, 1.54) is 0 Å². The summed E-state index contributed by atoms with van der Waals surface area (Å²) in [4.78, 5) is 45.7. The van der Waals surface area contributed by atoms with Crippen LogP contribution in [-0.4, -0.2) is 49.3 Å². The third kappa shape index (κ3) is 4.16. The van der Waals surface area contributed by atoms with Gasteiger partial charge in [-0.25, -0.2) is 0 Å². The number of hydrogen-bond donors (Lipinski definition) is 2. The minimum Gasteiger partial charge on any atom is -0.493 e. The van der Waals surface area contributed by atoms with E-state index >= 15 is 0 Å². The molecule has 1 saturated heterocycles. The molecule has 2 aromatic rings. The van der Waals surface area contributed by atoms with Crippen LogP contribution < -0.4 is 11.1 Å². The molecule has 2 N–H and O–H groups in total. The summed E-state index contributed by atoms with van der Waals surface area (Å²) < 4.78 is 1.84. The zero-order valence-corrected chi connectivity index (χ0v) is 17.9. The fourth-order valence-electron chi connectivity index (χ4n) is 4.45. The molecule has 2 unspecified atom stereocenters. The van der Waals surface area contributed by atoms with Gasteiger partial charge in [0.15, 0.2) is 5.16 Å². The number of carbonyl (C=O) groups excluding carboxylic acids is 1. The topological polar surface area (TPSA) is 108 Å². The Morgan fingerprint density at radius 1 is 1.30 bits per heavy atom. The standard InChI is InChI=1S/C21H26N4O4S/c1-12(2)6-15-19(28)22-21(23-20(15)29)30-11-18(27)24-8-13-7-14(10-24)16-4-3-5-17(26)25(16)9-13/h3-5,12-14H,6-11H2,1-2H3,(H2,22,23,28,29). The number of fused-ring (bicyclic) bond motifs is 4. The van der Waals surface area contributed by atoms with Crippen molar-refractivity contribution in [2.24, 2.45) is 11.8 Å². The molecule has 9 heteroatoms. The molecule has 0 saturated carbocycles. The van der Waals surface area contributed by atoms with E-state index in [2.05, 4.69) is 9.97 Å². The third-order valence-electron chi connectivity index (χ3n) is 5.75. The number of rotatable bonds is 5. The predicted octanol–water partition coefficient (Wildman–Crippen LogP) is 1.57. The second-order valence-electron chi connectivity index (χ2n) is 8.56. The molecule has 2 atom stereocenters. The number of piperidine rings is 1. The van der Waals surface area contributed by atoms with Crippen molar-refractivity contribution in [1.29, 1.82) is 0 Å². The maximum atomic E-state index is 12.8. The van der Waals surface area contributed by atoms with Gasteiger partial charge >= 0.3 is 0 Å². The van der Waals surface area contributed by atoms with Crippen molar-refractivity contribution in [3.63, 3.8) is 0 Å². The molecular formula is C21H26N4O4S. The van der Waals surface area contributed by atoms with Gasteiger partial charge in [-0.2, -0.15) is 4.98 Å². The van der Waals surface area contributed by atoms with E-state index in [9.17, 15) is 19.5 Å². The molecule has 2 aliphatic rings. The number of aromatic nitrogens is 3. The van der Waals surface area contributed by atoms with Gasteiger partial charge in [0.2, 0.25) is 11.8 Å². The van der Waals surface area contributed by atoms with Gasteiger partial charge in [0.1, 0.15) is 0 Å². The van der Waals surface area contributed by atoms with Crippen LogP contribution in [0.5, 0.6) is 5.88 Å². The number of thioether (sulfide) groups is 1. The Kier molecular flexibility index (Phi) is 5.73. The SMILES string of the molecule is CC(C)Cc1c(O)nc(SCC(=O)N2CC3CC(C2)c2cccc(=O)n2C3)[nH]c1=O. The van der Waals surface area contributed by atoms with Crippen LogP contribution in [-0.2, 0) is 17.8 Å². The van der Waals surface area contributed by atoms with Gasteiger partial charge in [-0.15, -0.1) is 0 Å². The lowest BCUT2D eigenvalue weighted by molar-refractivity contribution is -0.131. The lowest BCUT2D eigenvalue weighted by atomic mass is 9.83. The van der Waals surface area contributed by atoms with Crippen molar-refractivity contribution in [3.05, 3.63) is 50.2 Å². The molecule has 0 aromatic carbocycles. The van der Waals surface area contributed by atoms with Gasteiger partial charge in [-0.05, 0) is 30.7 Å². The zero-order chi connectivity index (χ0) is 21.4. The quantitative estimate of drug-likeness (QED) is 0.551. The molecule has 8 nitrogen and oxygen atoms in total. The number of aromatic hydroxyl groups is 1. The number of aromatic amines is 1. The van der Waals surface area contributed by atoms with E-state index in [0.717, 1.165) is 23.9 Å². The van der Waals surface area contributed by atoms with Crippen LogP contribution in [0.15, 0.2) is 32.9 Å². The Hall–Kier alpha value is -2.55. The molecule has 2 aromatic heterocycles. The van der Waals surface area contributed by atoms with Crippen molar-refractivity contribution < 1.29 is 9.90 Å². The van der Waals surface area contributed by atoms with Crippen LogP contribution in [0.2, 0.25) is 0 Å². The molecule has 4 heterocycles. The van der Waals surface area contributed by atoms with Gasteiger partial charge in [0.25, 0.3) is 11.1 Å². The zero-order valence-electron chi connectivity index (χ0n) is 17.1. The summed E-state index contributed by atoms with van der Waals surface area (Å²) in [6.07, 6.45) is 1.43. The number of nitrogens with zero attached hydrogens (tertiary/aromatic N) is 3. The number of H-pyrrole nitrogens is 1. The fraction of sp³-hybridized carbons (Fsp3) is 0.524. The molecule has 0 aliphatic carbocycles. The molecule has 2 bridgehead atoms. The second-order valence-corrected chi connectivity index (χ2v) is 9.52. The highest BCUT2D eigenvalue weighted by Gasteiger charge is 2.36. The normalized spacial score (nSPS) is 20.3. The van der Waals surface area contributed by atoms with Gasteiger partial charge in [0, 0.05) is 37.3 Å². The molecule has 30 heavy (non-hydrogen) atoms. The monoisotopic (exact) mass is 430 g/mol. The molecule has 1 fully saturated rings. The molecule has 0 spiro atoms. The van der Waals surface area contributed by atoms with Crippen molar-refractivity contribution in [1.82, 2.24) is 19.4 Å². The smallest absolute Gasteiger partial charge is 0.258 e. The summed E-state index contributed by atoms with van der Waals surface area (Å²) in [5.41, 5.74) is 0.938. The number of likely N-dealkylation sites (tertiary alicyclic amines) is 1. The first-order valence-electron chi connectivity index (χ1n) is 10.2. The summed E-state index contributed by atoms with van der Waals surface area (Å²) in [6.45, 7) is 5.77. The van der Waals surface area contributed by atoms with Crippen molar-refractivity contribution in [2.45, 2.75) is 44.3 Å². The number of hydrogen-bond acceptors (Lipinski definition) is 6. The molecule has 4 rings (SSSR count). The summed E-state index contributed by atoms with van der Waals surface area (Å²) >= 11 is 1.12. The van der Waals surface area contributed by atoms with E-state index < -0.39 is 0 Å². The minimum atomic E-state index is -0.360. The Labute approximate surface area is 178 Å². The van der Waals surface area contributed by atoms with Crippen LogP contribution in [0.3, 0.4) is 0 Å². The van der Waals surface area contributed by atoms with Crippen molar-refractivity contribution in [3.8, 4) is 5.88 Å². The van der Waals surface area contributed by atoms with Crippen LogP contribution in [0.1, 0.15) is 37.4 Å². The highest BCUT2D eigenvalue weighted by molar-refractivity contribution is 7.99. The summed E-state index contributed by atoms with van der Waals surface area (Å²) in [5.74, 6) is 0.484.